The maximum absolute atomic E-state index is 17.1. The molecule has 5 aliphatic heterocycles. The van der Waals surface area contributed by atoms with Gasteiger partial charge in [0.25, 0.3) is 0 Å². The van der Waals surface area contributed by atoms with Gasteiger partial charge in [0.2, 0.25) is 40.1 Å². The maximum Gasteiger partial charge on any atom is 0.243 e. The number of hydrogen-bond acceptors (Lipinski definition) is 12. The fourth-order valence-corrected chi connectivity index (χ4v) is 16.1. The Morgan fingerprint density at radius 1 is 0.316 bits per heavy atom. The topological polar surface area (TPSA) is 233 Å². The van der Waals surface area contributed by atoms with Gasteiger partial charge < -0.3 is 21.3 Å². The van der Waals surface area contributed by atoms with Crippen LogP contribution in [0.1, 0.15) is 97.3 Å². The van der Waals surface area contributed by atoms with E-state index in [0.29, 0.717) is 0 Å². The zero-order valence-electron chi connectivity index (χ0n) is 41.1. The van der Waals surface area contributed by atoms with Crippen molar-refractivity contribution in [3.05, 3.63) is 117 Å². The average molecular weight is 1150 g/mol. The van der Waals surface area contributed by atoms with Crippen LogP contribution in [0.2, 0.25) is 0 Å². The first-order valence-corrected chi connectivity index (χ1v) is 30.5. The summed E-state index contributed by atoms with van der Waals surface area (Å²) in [6.07, 6.45) is -0.229. The number of hydrogen-bond donors (Lipinski definition) is 8. The Bertz CT molecular complexity index is 2940. The Labute approximate surface area is 435 Å². The minimum absolute atomic E-state index is 0.0287. The largest absolute Gasteiger partial charge is 0.310 e. The summed E-state index contributed by atoms with van der Waals surface area (Å²) in [6.45, 7) is 0. The Hall–Kier alpha value is -4.20. The Balaban J connectivity index is 1.28. The van der Waals surface area contributed by atoms with Crippen molar-refractivity contribution in [3.8, 4) is 0 Å². The molecule has 0 saturated carbocycles. The molecule has 0 radical (unpaired) electrons. The molecule has 4 aromatic carbocycles. The number of rotatable bonds is 12. The minimum atomic E-state index is -4.59. The Morgan fingerprint density at radius 2 is 0.474 bits per heavy atom. The van der Waals surface area contributed by atoms with E-state index >= 15 is 35.1 Å². The summed E-state index contributed by atoms with van der Waals surface area (Å²) >= 11 is 0. The number of nitrogens with one attached hydrogen (secondary N) is 8. The highest BCUT2D eigenvalue weighted by molar-refractivity contribution is 7.90. The van der Waals surface area contributed by atoms with Crippen LogP contribution >= 0.6 is 0 Å². The molecule has 5 fully saturated rings. The highest BCUT2D eigenvalue weighted by Crippen LogP contribution is 2.49. The number of fused-ring (bicyclic) bond motifs is 8. The molecule has 5 heterocycles. The quantitative estimate of drug-likeness (QED) is 0.0926. The van der Waals surface area contributed by atoms with E-state index in [1.165, 1.54) is 0 Å². The van der Waals surface area contributed by atoms with Crippen LogP contribution < -0.4 is 40.2 Å². The molecular weight excluding hydrogens is 1100 g/mol. The van der Waals surface area contributed by atoms with Crippen molar-refractivity contribution in [2.24, 2.45) is 0 Å². The van der Waals surface area contributed by atoms with Crippen LogP contribution in [0.3, 0.4) is 0 Å². The van der Waals surface area contributed by atoms with Crippen molar-refractivity contribution in [2.45, 2.75) is 143 Å². The lowest BCUT2D eigenvalue weighted by atomic mass is 9.82. The highest BCUT2D eigenvalue weighted by atomic mass is 32.2. The van der Waals surface area contributed by atoms with Crippen LogP contribution in [0.15, 0.2) is 68.1 Å². The summed E-state index contributed by atoms with van der Waals surface area (Å²) in [5.74, 6) is -16.2. The van der Waals surface area contributed by atoms with Crippen LogP contribution in [-0.2, 0) is 40.1 Å². The molecule has 28 heteroatoms. The fourth-order valence-electron chi connectivity index (χ4n) is 12.9. The van der Waals surface area contributed by atoms with Crippen molar-refractivity contribution in [1.29, 1.82) is 0 Å². The molecule has 16 nitrogen and oxygen atoms in total. The van der Waals surface area contributed by atoms with Gasteiger partial charge in [0.1, 0.15) is 66.1 Å². The van der Waals surface area contributed by atoms with E-state index in [4.69, 9.17) is 0 Å². The van der Waals surface area contributed by atoms with Gasteiger partial charge in [-0.3, -0.25) is 0 Å². The minimum Gasteiger partial charge on any atom is -0.310 e. The van der Waals surface area contributed by atoms with Gasteiger partial charge in [-0.25, -0.2) is 87.7 Å². The van der Waals surface area contributed by atoms with E-state index in [2.05, 4.69) is 21.3 Å². The number of halogens is 8. The molecule has 8 atom stereocenters. The lowest BCUT2D eigenvalue weighted by Crippen LogP contribution is -2.52. The van der Waals surface area contributed by atoms with Gasteiger partial charge in [-0.2, -0.15) is 0 Å². The third-order valence-electron chi connectivity index (χ3n) is 16.3. The molecule has 76 heavy (non-hydrogen) atoms. The summed E-state index contributed by atoms with van der Waals surface area (Å²) in [7, 11) is -14.3. The van der Waals surface area contributed by atoms with Crippen molar-refractivity contribution < 1.29 is 68.8 Å². The van der Waals surface area contributed by atoms with Crippen LogP contribution in [0, 0.1) is 46.5 Å². The van der Waals surface area contributed by atoms with E-state index in [9.17, 15) is 33.7 Å². The molecule has 0 aromatic heterocycles. The first-order valence-electron chi connectivity index (χ1n) is 24.5. The van der Waals surface area contributed by atoms with Crippen molar-refractivity contribution in [2.75, 3.05) is 28.2 Å². The SMILES string of the molecule is CNS(=O)(=O)c1ccc(F)c(C2C3CCC(N3)C(c3c(F)ccc(S(=O)(=O)NC)c3F)C3CCC(N3)C(c3c(F)ccc(S(=O)(=O)NC)c3F)C3CCC(N3)C(c3c(F)ccc(S(=O)(=O)NC)c3F)C3CCC2N3)c1F. The summed E-state index contributed by atoms with van der Waals surface area (Å²) in [4.78, 5) is -3.68. The van der Waals surface area contributed by atoms with E-state index in [1.54, 1.807) is 0 Å². The Morgan fingerprint density at radius 3 is 0.618 bits per heavy atom. The first kappa shape index (κ1) is 56.5. The van der Waals surface area contributed by atoms with E-state index in [0.717, 1.165) is 76.7 Å². The lowest BCUT2D eigenvalue weighted by molar-refractivity contribution is 0.287. The fraction of sp³-hybridized carbons (Fsp3) is 0.500. The molecule has 416 valence electrons. The molecule has 9 rings (SSSR count). The number of benzene rings is 4. The summed E-state index contributed by atoms with van der Waals surface area (Å²) < 4.78 is 249. The molecule has 8 unspecified atom stereocenters. The van der Waals surface area contributed by atoms with Gasteiger partial charge >= 0.3 is 0 Å². The zero-order chi connectivity index (χ0) is 55.1. The van der Waals surface area contributed by atoms with Crippen LogP contribution in [-0.4, -0.2) is 110 Å². The van der Waals surface area contributed by atoms with Crippen LogP contribution in [0.25, 0.3) is 0 Å². The molecule has 0 spiro atoms. The maximum atomic E-state index is 17.1. The normalized spacial score (nSPS) is 29.3. The predicted molar refractivity (Wildman–Crippen MR) is 261 cm³/mol. The number of sulfonamides is 4. The standard InChI is InChI=1S/C48H56F8N8O8S4/c1-57-73(65,66)33-17-5-21(49)37(45(33)53)41-25-9-11-27(61-25)42(38-22(50)6-18-34(46(38)54)74(67,68)58-2)29-13-15-31(63-29)44(40-24(52)8-20-36(48(40)56)76(71,72)60-4)32-16-14-30(64-32)43(28-12-10-26(41)62-28)39-23(51)7-19-35(47(39)55)75(69,70)59-3/h5-8,17-20,25-32,41-44,57-64H,9-16H2,1-4H3. The smallest absolute Gasteiger partial charge is 0.243 e. The lowest BCUT2D eigenvalue weighted by Gasteiger charge is -2.38. The zero-order valence-corrected chi connectivity index (χ0v) is 44.4. The van der Waals surface area contributed by atoms with E-state index in [-0.39, 0.29) is 51.4 Å². The molecule has 5 saturated heterocycles. The van der Waals surface area contributed by atoms with Gasteiger partial charge in [0, 0.05) is 94.3 Å². The second-order valence-corrected chi connectivity index (χ2v) is 27.3. The molecule has 4 aromatic rings. The summed E-state index contributed by atoms with van der Waals surface area (Å²) in [5.41, 5.74) is -2.86. The molecule has 0 amide bonds. The van der Waals surface area contributed by atoms with Gasteiger partial charge in [0.15, 0.2) is 0 Å². The first-order chi connectivity index (χ1) is 35.8. The van der Waals surface area contributed by atoms with E-state index in [1.807, 2.05) is 18.9 Å². The summed E-state index contributed by atoms with van der Waals surface area (Å²) in [5, 5.41) is 13.3. The molecule has 0 aliphatic carbocycles. The average Bonchev–Trinajstić information content (AvgIpc) is 4.26. The van der Waals surface area contributed by atoms with Gasteiger partial charge in [-0.15, -0.1) is 0 Å². The Kier molecular flexibility index (Phi) is 15.7. The van der Waals surface area contributed by atoms with Gasteiger partial charge in [-0.05, 0) is 128 Å². The predicted octanol–water partition coefficient (Wildman–Crippen LogP) is 4.36. The van der Waals surface area contributed by atoms with Gasteiger partial charge in [-0.1, -0.05) is 0 Å². The third kappa shape index (κ3) is 9.78. The second-order valence-electron chi connectivity index (χ2n) is 19.9. The molecule has 5 aliphatic rings. The molecule has 8 N–H and O–H groups in total. The van der Waals surface area contributed by atoms with Crippen molar-refractivity contribution >= 4 is 40.1 Å². The van der Waals surface area contributed by atoms with Crippen molar-refractivity contribution in [1.82, 2.24) is 40.2 Å². The third-order valence-corrected chi connectivity index (χ3v) is 22.0. The van der Waals surface area contributed by atoms with Crippen molar-refractivity contribution in [3.63, 3.8) is 0 Å². The molecule has 8 bridgehead atoms. The molecular formula is C48H56F8N8O8S4. The van der Waals surface area contributed by atoms with Crippen LogP contribution in [0.4, 0.5) is 35.1 Å². The van der Waals surface area contributed by atoms with Crippen LogP contribution in [0.5, 0.6) is 0 Å². The van der Waals surface area contributed by atoms with E-state index < -0.39 is 200 Å². The van der Waals surface area contributed by atoms with Gasteiger partial charge in [0.05, 0.1) is 0 Å². The second kappa shape index (κ2) is 21.1. The monoisotopic (exact) mass is 1150 g/mol. The highest BCUT2D eigenvalue weighted by Gasteiger charge is 2.53. The summed E-state index contributed by atoms with van der Waals surface area (Å²) in [6, 6.07) is -2.80.